The van der Waals surface area contributed by atoms with Gasteiger partial charge in [0.25, 0.3) is 0 Å². The van der Waals surface area contributed by atoms with Gasteiger partial charge in [-0.25, -0.2) is 0 Å². The van der Waals surface area contributed by atoms with Crippen LogP contribution in [-0.4, -0.2) is 100.0 Å². The molecule has 5 heterocycles. The Morgan fingerprint density at radius 1 is 0.607 bits per heavy atom. The van der Waals surface area contributed by atoms with Gasteiger partial charge in [0.1, 0.15) is 17.8 Å². The molecule has 5 fully saturated rings. The van der Waals surface area contributed by atoms with Crippen LogP contribution in [0.2, 0.25) is 72.5 Å². The molecule has 0 N–H and O–H groups in total. The summed E-state index contributed by atoms with van der Waals surface area (Å²) in [6.07, 6.45) is 7.84. The summed E-state index contributed by atoms with van der Waals surface area (Å²) in [6.45, 7) is 52.3. The van der Waals surface area contributed by atoms with Crippen molar-refractivity contribution in [3.05, 3.63) is 0 Å². The predicted octanol–water partition coefficient (Wildman–Crippen LogP) is 13.5. The van der Waals surface area contributed by atoms with Gasteiger partial charge in [-0.15, -0.1) is 0 Å². The first-order chi connectivity index (χ1) is 27.3. The van der Waals surface area contributed by atoms with Crippen LogP contribution < -0.4 is 0 Å². The molecule has 0 aromatic carbocycles. The molecule has 0 aromatic heterocycles. The van der Waals surface area contributed by atoms with Crippen molar-refractivity contribution in [3.8, 4) is 0 Å². The van der Waals surface area contributed by atoms with E-state index < -0.39 is 56.2 Å². The number of ether oxygens (including phenoxy) is 5. The Kier molecular flexibility index (Phi) is 14.8. The second kappa shape index (κ2) is 17.2. The van der Waals surface area contributed by atoms with Crippen molar-refractivity contribution in [1.82, 2.24) is 0 Å². The average Bonchev–Trinajstić information content (AvgIpc) is 3.57. The van der Waals surface area contributed by atoms with Crippen LogP contribution in [0.25, 0.3) is 0 Å². The van der Waals surface area contributed by atoms with Gasteiger partial charge in [-0.2, -0.15) is 0 Å². The minimum atomic E-state index is -2.21. The van der Waals surface area contributed by atoms with E-state index >= 15 is 0 Å². The second-order valence-electron chi connectivity index (χ2n) is 26.6. The van der Waals surface area contributed by atoms with Gasteiger partial charge in [-0.1, -0.05) is 90.0 Å². The highest BCUT2D eigenvalue weighted by atomic mass is 28.4. The van der Waals surface area contributed by atoms with Crippen LogP contribution in [0.5, 0.6) is 0 Å². The number of rotatable bonds is 13. The van der Waals surface area contributed by atoms with Crippen LogP contribution >= 0.6 is 0 Å². The summed E-state index contributed by atoms with van der Waals surface area (Å²) in [7, 11) is -8.24. The number of hydrogen-bond acceptors (Lipinski definition) is 9. The van der Waals surface area contributed by atoms with Crippen LogP contribution in [0.15, 0.2) is 0 Å². The fourth-order valence-corrected chi connectivity index (χ4v) is 14.5. The molecule has 5 aliphatic rings. The van der Waals surface area contributed by atoms with E-state index in [1.165, 1.54) is 0 Å². The van der Waals surface area contributed by atoms with Crippen LogP contribution in [-0.2, 0) is 41.4 Å². The second-order valence-corrected chi connectivity index (χ2v) is 45.7. The first kappa shape index (κ1) is 52.5. The van der Waals surface area contributed by atoms with E-state index in [0.29, 0.717) is 19.6 Å². The Morgan fingerprint density at radius 3 is 1.75 bits per heavy atom. The summed E-state index contributed by atoms with van der Waals surface area (Å²) in [5.41, 5.74) is -0.606. The Balaban J connectivity index is 1.38. The molecule has 0 unspecified atom stereocenters. The molecular weight excluding hydrogens is 833 g/mol. The monoisotopic (exact) mass is 929 g/mol. The van der Waals surface area contributed by atoms with Crippen LogP contribution in [0.1, 0.15) is 161 Å². The van der Waals surface area contributed by atoms with Crippen molar-refractivity contribution >= 4 is 33.3 Å². The Morgan fingerprint density at radius 2 is 1.18 bits per heavy atom. The third kappa shape index (κ3) is 11.0. The van der Waals surface area contributed by atoms with Gasteiger partial charge >= 0.3 is 0 Å². The third-order valence-corrected chi connectivity index (χ3v) is 35.6. The van der Waals surface area contributed by atoms with E-state index in [1.54, 1.807) is 0 Å². The molecule has 2 spiro atoms. The van der Waals surface area contributed by atoms with Gasteiger partial charge in [0.05, 0.1) is 24.9 Å². The third-order valence-electron chi connectivity index (χ3n) is 17.5. The Labute approximate surface area is 379 Å². The molecule has 0 aliphatic carbocycles. The highest BCUT2D eigenvalue weighted by Crippen LogP contribution is 2.58. The molecule has 61 heavy (non-hydrogen) atoms. The van der Waals surface area contributed by atoms with Crippen LogP contribution in [0.4, 0.5) is 0 Å². The van der Waals surface area contributed by atoms with E-state index in [0.717, 1.165) is 57.8 Å². The first-order valence-electron chi connectivity index (χ1n) is 24.4. The molecule has 0 amide bonds. The fourth-order valence-electron chi connectivity index (χ4n) is 9.29. The Bertz CT molecular complexity index is 1510. The van der Waals surface area contributed by atoms with Crippen molar-refractivity contribution in [2.75, 3.05) is 13.2 Å². The summed E-state index contributed by atoms with van der Waals surface area (Å²) in [4.78, 5) is 0. The molecule has 358 valence electrons. The Hall–Kier alpha value is 0.508. The predicted molar refractivity (Wildman–Crippen MR) is 259 cm³/mol. The van der Waals surface area contributed by atoms with E-state index in [-0.39, 0.29) is 56.6 Å². The highest BCUT2D eigenvalue weighted by molar-refractivity contribution is 6.75. The molecule has 0 radical (unpaired) electrons. The molecule has 5 saturated heterocycles. The summed E-state index contributed by atoms with van der Waals surface area (Å²) in [6, 6.07) is 0. The smallest absolute Gasteiger partial charge is 0.199 e. The molecule has 10 atom stereocenters. The first-order valence-corrected chi connectivity index (χ1v) is 36.0. The molecule has 0 saturated carbocycles. The van der Waals surface area contributed by atoms with Crippen molar-refractivity contribution in [3.63, 3.8) is 0 Å². The molecule has 2 bridgehead atoms. The van der Waals surface area contributed by atoms with Gasteiger partial charge in [-0.3, -0.25) is 0 Å². The lowest BCUT2D eigenvalue weighted by atomic mass is 9.83. The minimum Gasteiger partial charge on any atom is -0.417 e. The summed E-state index contributed by atoms with van der Waals surface area (Å²) >= 11 is 0. The van der Waals surface area contributed by atoms with Gasteiger partial charge in [-0.05, 0) is 117 Å². The molecular formula is C48H96O9Si4. The van der Waals surface area contributed by atoms with Crippen molar-refractivity contribution < 1.29 is 41.4 Å². The van der Waals surface area contributed by atoms with E-state index in [2.05, 4.69) is 149 Å². The summed E-state index contributed by atoms with van der Waals surface area (Å²) in [5.74, 6) is -2.17. The number of hydrogen-bond donors (Lipinski definition) is 0. The van der Waals surface area contributed by atoms with Crippen LogP contribution in [0, 0.1) is 5.92 Å². The molecule has 5 rings (SSSR count). The zero-order valence-corrected chi connectivity index (χ0v) is 47.6. The quantitative estimate of drug-likeness (QED) is 0.168. The standard InChI is InChI=1S/C48H96O9Si4/c1-35-32-47(53-38(34-50-59(17,18)42(5,6)7)40(54-47)39(35)55-60(19,20)43(8,9)10)33-37-24-23-27-46(51-37)29-30-48(56-46)45(14,57-61(21,22)44(11,12)13)28-25-36(52-48)26-31-49-58(15,16)41(2,3)4/h35-40H,23-34H2,1-22H3/t35-,36+,37-,38+,39-,40+,45-,46-,47-,48-/m1/s1. The van der Waals surface area contributed by atoms with Gasteiger partial charge in [0.15, 0.2) is 50.6 Å². The topological polar surface area (TPSA) is 83.1 Å². The molecule has 13 heteroatoms. The summed E-state index contributed by atoms with van der Waals surface area (Å²) in [5, 5.41) is 0.394. The average molecular weight is 930 g/mol. The molecule has 5 aliphatic heterocycles. The lowest BCUT2D eigenvalue weighted by Gasteiger charge is -2.56. The summed E-state index contributed by atoms with van der Waals surface area (Å²) < 4.78 is 64.8. The van der Waals surface area contributed by atoms with E-state index in [4.69, 9.17) is 41.4 Å². The zero-order valence-electron chi connectivity index (χ0n) is 43.6. The zero-order chi connectivity index (χ0) is 46.3. The van der Waals surface area contributed by atoms with Gasteiger partial charge in [0.2, 0.25) is 0 Å². The maximum Gasteiger partial charge on any atom is 0.199 e. The maximum atomic E-state index is 7.48. The van der Waals surface area contributed by atoms with Gasteiger partial charge < -0.3 is 41.4 Å². The van der Waals surface area contributed by atoms with Crippen molar-refractivity contribution in [1.29, 1.82) is 0 Å². The molecule has 9 nitrogen and oxygen atoms in total. The SMILES string of the molecule is C[C@@H]1C[C@]2(C[C@H]3CCC[C@@]4(CC[C@@]5(O[C@H](CCO[Si](C)(C)C(C)(C)C)CC[C@@]5(C)O[Si](C)(C)C(C)(C)C)O4)O3)O[C@H]([C@@H]1O[Si](C)(C)C(C)(C)C)[C@H](CO[Si](C)(C)C(C)(C)C)O2. The van der Waals surface area contributed by atoms with E-state index in [1.807, 2.05) is 0 Å². The van der Waals surface area contributed by atoms with Crippen molar-refractivity contribution in [2.45, 2.75) is 287 Å². The van der Waals surface area contributed by atoms with E-state index in [9.17, 15) is 0 Å². The largest absolute Gasteiger partial charge is 0.417 e. The fraction of sp³-hybridized carbons (Fsp3) is 1.00. The van der Waals surface area contributed by atoms with Crippen molar-refractivity contribution in [2.24, 2.45) is 5.92 Å². The highest BCUT2D eigenvalue weighted by Gasteiger charge is 2.67. The lowest BCUT2D eigenvalue weighted by Crippen LogP contribution is -2.65. The maximum absolute atomic E-state index is 7.48. The number of fused-ring (bicyclic) bond motifs is 2. The normalized spacial score (nSPS) is 37.3. The minimum absolute atomic E-state index is 0.0298. The lowest BCUT2D eigenvalue weighted by molar-refractivity contribution is -0.401. The van der Waals surface area contributed by atoms with Gasteiger partial charge in [0, 0.05) is 38.7 Å². The molecule has 0 aromatic rings. The van der Waals surface area contributed by atoms with Crippen LogP contribution in [0.3, 0.4) is 0 Å².